The maximum absolute atomic E-state index is 13.1. The first kappa shape index (κ1) is 34.9. The first-order valence-electron chi connectivity index (χ1n) is 14.6. The van der Waals surface area contributed by atoms with Crippen LogP contribution in [0, 0.1) is 5.92 Å². The van der Waals surface area contributed by atoms with Crippen LogP contribution in [0.2, 0.25) is 10.0 Å². The minimum atomic E-state index is -4.06. The molecule has 3 aromatic carbocycles. The number of halogens is 2. The Labute approximate surface area is 278 Å². The molecule has 246 valence electrons. The number of benzene rings is 3. The van der Waals surface area contributed by atoms with Crippen LogP contribution in [-0.2, 0) is 19.6 Å². The number of nitrogens with one attached hydrogen (secondary N) is 3. The van der Waals surface area contributed by atoms with E-state index in [0.29, 0.717) is 30.4 Å². The van der Waals surface area contributed by atoms with Gasteiger partial charge in [0.25, 0.3) is 15.9 Å². The third-order valence-corrected chi connectivity index (χ3v) is 8.85. The van der Waals surface area contributed by atoms with Gasteiger partial charge in [-0.25, -0.2) is 13.2 Å². The highest BCUT2D eigenvalue weighted by Gasteiger charge is 2.27. The molecule has 1 aliphatic rings. The summed E-state index contributed by atoms with van der Waals surface area (Å²) in [7, 11) is -4.06. The number of hydrogen-bond acceptors (Lipinski definition) is 7. The van der Waals surface area contributed by atoms with Crippen molar-refractivity contribution in [1.29, 1.82) is 0 Å². The summed E-state index contributed by atoms with van der Waals surface area (Å²) in [5.74, 6) is -0.170. The van der Waals surface area contributed by atoms with E-state index in [-0.39, 0.29) is 51.4 Å². The van der Waals surface area contributed by atoms with Crippen LogP contribution in [0.3, 0.4) is 0 Å². The van der Waals surface area contributed by atoms with Gasteiger partial charge in [-0.15, -0.1) is 0 Å². The molecule has 14 heteroatoms. The molecule has 3 aromatic rings. The molecule has 0 unspecified atom stereocenters. The average Bonchev–Trinajstić information content (AvgIpc) is 3.00. The van der Waals surface area contributed by atoms with Crippen LogP contribution >= 0.6 is 23.2 Å². The smallest absolute Gasteiger partial charge is 0.410 e. The van der Waals surface area contributed by atoms with Crippen LogP contribution in [0.4, 0.5) is 10.5 Å². The van der Waals surface area contributed by atoms with Gasteiger partial charge in [0.15, 0.2) is 5.75 Å². The molecule has 0 saturated carbocycles. The molecule has 1 heterocycles. The third-order valence-electron chi connectivity index (χ3n) is 6.94. The molecule has 11 nitrogen and oxygen atoms in total. The van der Waals surface area contributed by atoms with Gasteiger partial charge in [0.2, 0.25) is 5.91 Å². The van der Waals surface area contributed by atoms with Crippen molar-refractivity contribution in [3.63, 3.8) is 0 Å². The largest absolute Gasteiger partial charge is 0.454 e. The van der Waals surface area contributed by atoms with Crippen molar-refractivity contribution in [3.8, 4) is 11.5 Å². The normalized spacial score (nSPS) is 13.9. The molecule has 0 radical (unpaired) electrons. The van der Waals surface area contributed by atoms with Crippen LogP contribution in [-0.4, -0.2) is 63.0 Å². The van der Waals surface area contributed by atoms with Crippen molar-refractivity contribution in [2.45, 2.75) is 44.1 Å². The SMILES string of the molecule is CC(C)(C)OC(=O)N1CCC(CNC(=O)CNC(=O)c2ccc(S(=O)(=O)Nc3ccccc3Oc3ccc(Cl)cc3Cl)cc2)CC1. The highest BCUT2D eigenvalue weighted by molar-refractivity contribution is 7.92. The Balaban J connectivity index is 1.25. The summed E-state index contributed by atoms with van der Waals surface area (Å²) in [5.41, 5.74) is -0.196. The third kappa shape index (κ3) is 10.0. The molecule has 0 spiro atoms. The predicted octanol–water partition coefficient (Wildman–Crippen LogP) is 6.08. The summed E-state index contributed by atoms with van der Waals surface area (Å²) in [6.45, 7) is 6.75. The van der Waals surface area contributed by atoms with E-state index in [0.717, 1.165) is 12.8 Å². The summed E-state index contributed by atoms with van der Waals surface area (Å²) in [4.78, 5) is 38.8. The van der Waals surface area contributed by atoms with Crippen LogP contribution in [0.1, 0.15) is 44.0 Å². The Bertz CT molecular complexity index is 1670. The molecule has 0 bridgehead atoms. The lowest BCUT2D eigenvalue weighted by atomic mass is 9.97. The Kier molecular flexibility index (Phi) is 11.4. The number of carbonyl (C=O) groups excluding carboxylic acids is 3. The Morgan fingerprint density at radius 1 is 0.913 bits per heavy atom. The first-order valence-corrected chi connectivity index (χ1v) is 16.8. The molecule has 1 saturated heterocycles. The monoisotopic (exact) mass is 690 g/mol. The molecule has 1 fully saturated rings. The second-order valence-corrected chi connectivity index (χ2v) is 14.2. The zero-order valence-electron chi connectivity index (χ0n) is 25.6. The lowest BCUT2D eigenvalue weighted by Gasteiger charge is -2.33. The lowest BCUT2D eigenvalue weighted by molar-refractivity contribution is -0.120. The molecular formula is C32H36Cl2N4O7S. The second-order valence-electron chi connectivity index (χ2n) is 11.7. The van der Waals surface area contributed by atoms with Crippen molar-refractivity contribution < 1.29 is 32.3 Å². The summed E-state index contributed by atoms with van der Waals surface area (Å²) in [6.07, 6.45) is 1.12. The highest BCUT2D eigenvalue weighted by atomic mass is 35.5. The van der Waals surface area contributed by atoms with Gasteiger partial charge >= 0.3 is 6.09 Å². The van der Waals surface area contributed by atoms with E-state index in [1.807, 2.05) is 20.8 Å². The van der Waals surface area contributed by atoms with Crippen molar-refractivity contribution in [3.05, 3.63) is 82.3 Å². The fourth-order valence-electron chi connectivity index (χ4n) is 4.53. The van der Waals surface area contributed by atoms with E-state index < -0.39 is 21.5 Å². The number of likely N-dealkylation sites (tertiary alicyclic amines) is 1. The highest BCUT2D eigenvalue weighted by Crippen LogP contribution is 2.35. The Morgan fingerprint density at radius 3 is 2.24 bits per heavy atom. The van der Waals surface area contributed by atoms with Crippen LogP contribution in [0.15, 0.2) is 71.6 Å². The molecule has 0 aliphatic carbocycles. The van der Waals surface area contributed by atoms with Crippen molar-refractivity contribution in [2.24, 2.45) is 5.92 Å². The summed E-state index contributed by atoms with van der Waals surface area (Å²) in [5, 5.41) is 6.05. The fraction of sp³-hybridized carbons (Fsp3) is 0.344. The predicted molar refractivity (Wildman–Crippen MR) is 176 cm³/mol. The molecule has 46 heavy (non-hydrogen) atoms. The van der Waals surface area contributed by atoms with Gasteiger partial charge in [0.1, 0.15) is 11.4 Å². The zero-order chi connectivity index (χ0) is 33.5. The van der Waals surface area contributed by atoms with Gasteiger partial charge in [-0.3, -0.25) is 14.3 Å². The molecule has 1 aliphatic heterocycles. The van der Waals surface area contributed by atoms with E-state index in [1.54, 1.807) is 35.2 Å². The minimum absolute atomic E-state index is 0.0844. The number of piperidine rings is 1. The van der Waals surface area contributed by atoms with Gasteiger partial charge in [0, 0.05) is 30.2 Å². The average molecular weight is 692 g/mol. The van der Waals surface area contributed by atoms with E-state index in [2.05, 4.69) is 15.4 Å². The van der Waals surface area contributed by atoms with Crippen LogP contribution < -0.4 is 20.1 Å². The number of carbonyl (C=O) groups is 3. The second kappa shape index (κ2) is 15.1. The number of anilines is 1. The molecule has 0 aromatic heterocycles. The number of amides is 3. The zero-order valence-corrected chi connectivity index (χ0v) is 28.0. The van der Waals surface area contributed by atoms with Gasteiger partial charge in [-0.2, -0.15) is 0 Å². The quantitative estimate of drug-likeness (QED) is 0.234. The number of para-hydroxylation sites is 2. The van der Waals surface area contributed by atoms with Crippen molar-refractivity contribution in [2.75, 3.05) is 30.9 Å². The topological polar surface area (TPSA) is 143 Å². The molecule has 3 N–H and O–H groups in total. The summed E-state index contributed by atoms with van der Waals surface area (Å²) in [6, 6.07) is 16.4. The molecular weight excluding hydrogens is 655 g/mol. The van der Waals surface area contributed by atoms with E-state index in [4.69, 9.17) is 32.7 Å². The number of sulfonamides is 1. The summed E-state index contributed by atoms with van der Waals surface area (Å²) < 4.78 is 40.0. The first-order chi connectivity index (χ1) is 21.7. The maximum Gasteiger partial charge on any atom is 0.410 e. The van der Waals surface area contributed by atoms with E-state index in [1.165, 1.54) is 36.4 Å². The number of hydrogen-bond donors (Lipinski definition) is 3. The van der Waals surface area contributed by atoms with Crippen LogP contribution in [0.5, 0.6) is 11.5 Å². The van der Waals surface area contributed by atoms with Crippen molar-refractivity contribution >= 4 is 56.8 Å². The molecule has 3 amide bonds. The number of ether oxygens (including phenoxy) is 2. The molecule has 0 atom stereocenters. The standard InChI is InChI=1S/C32H36Cl2N4O7S/c1-32(2,3)45-31(41)38-16-14-21(15-17-38)19-35-29(39)20-36-30(40)22-8-11-24(12-9-22)46(42,43)37-26-6-4-5-7-28(26)44-27-13-10-23(33)18-25(27)34/h4-13,18,21,37H,14-17,19-20H2,1-3H3,(H,35,39)(H,36,40). The van der Waals surface area contributed by atoms with E-state index in [9.17, 15) is 22.8 Å². The Morgan fingerprint density at radius 2 is 1.59 bits per heavy atom. The Hall–Kier alpha value is -4.00. The molecule has 4 rings (SSSR count). The fourth-order valence-corrected chi connectivity index (χ4v) is 6.05. The minimum Gasteiger partial charge on any atom is -0.454 e. The summed E-state index contributed by atoms with van der Waals surface area (Å²) >= 11 is 12.1. The van der Waals surface area contributed by atoms with Gasteiger partial charge in [-0.05, 0) is 94.1 Å². The van der Waals surface area contributed by atoms with Gasteiger partial charge in [0.05, 0.1) is 22.2 Å². The number of nitrogens with zero attached hydrogens (tertiary/aromatic N) is 1. The van der Waals surface area contributed by atoms with Gasteiger partial charge in [-0.1, -0.05) is 35.3 Å². The van der Waals surface area contributed by atoms with Crippen molar-refractivity contribution in [1.82, 2.24) is 15.5 Å². The number of rotatable bonds is 10. The van der Waals surface area contributed by atoms with Gasteiger partial charge < -0.3 is 25.0 Å². The lowest BCUT2D eigenvalue weighted by Crippen LogP contribution is -2.44. The maximum atomic E-state index is 13.1. The van der Waals surface area contributed by atoms with Crippen LogP contribution in [0.25, 0.3) is 0 Å². The van der Waals surface area contributed by atoms with E-state index >= 15 is 0 Å².